The zero-order valence-electron chi connectivity index (χ0n) is 6.81. The molecule has 1 N–H and O–H groups in total. The van der Waals surface area contributed by atoms with Crippen molar-refractivity contribution in [1.29, 1.82) is 0 Å². The third-order valence-electron chi connectivity index (χ3n) is 2.03. The predicted octanol–water partition coefficient (Wildman–Crippen LogP) is 0.672. The number of likely N-dealkylation sites (tertiary alicyclic amines) is 1. The van der Waals surface area contributed by atoms with E-state index in [2.05, 4.69) is 0 Å². The van der Waals surface area contributed by atoms with Crippen LogP contribution in [-0.2, 0) is 4.79 Å². The van der Waals surface area contributed by atoms with E-state index in [1.165, 1.54) is 0 Å². The summed E-state index contributed by atoms with van der Waals surface area (Å²) in [5, 5.41) is 0. The molecule has 1 radical (unpaired) electrons. The molecule has 1 fully saturated rings. The molecule has 0 aromatic carbocycles. The van der Waals surface area contributed by atoms with E-state index in [9.17, 15) is 4.79 Å². The summed E-state index contributed by atoms with van der Waals surface area (Å²) in [4.78, 5) is 13.0. The van der Waals surface area contributed by atoms with Crippen molar-refractivity contribution in [2.45, 2.75) is 25.7 Å². The zero-order chi connectivity index (χ0) is 8.10. The van der Waals surface area contributed by atoms with Crippen LogP contribution in [-0.4, -0.2) is 30.4 Å². The van der Waals surface area contributed by atoms with E-state index in [0.717, 1.165) is 38.8 Å². The molecule has 1 rings (SSSR count). The van der Waals surface area contributed by atoms with Crippen LogP contribution in [0.2, 0.25) is 0 Å². The molecule has 1 aliphatic rings. The van der Waals surface area contributed by atoms with Crippen LogP contribution in [0.3, 0.4) is 0 Å². The van der Waals surface area contributed by atoms with Gasteiger partial charge >= 0.3 is 0 Å². The van der Waals surface area contributed by atoms with Crippen LogP contribution in [0.15, 0.2) is 0 Å². The Morgan fingerprint density at radius 1 is 1.45 bits per heavy atom. The molecule has 0 aromatic rings. The van der Waals surface area contributed by atoms with Gasteiger partial charge in [-0.25, -0.2) is 0 Å². The minimum atomic E-state index is 0.301. The summed E-state index contributed by atoms with van der Waals surface area (Å²) in [7, 11) is 0. The van der Waals surface area contributed by atoms with Crippen molar-refractivity contribution >= 4 is 5.91 Å². The molecule has 3 nitrogen and oxygen atoms in total. The summed E-state index contributed by atoms with van der Waals surface area (Å²) < 4.78 is 0. The average molecular weight is 155 g/mol. The van der Waals surface area contributed by atoms with E-state index in [1.807, 2.05) is 4.90 Å². The fourth-order valence-corrected chi connectivity index (χ4v) is 1.37. The number of hydrogen-bond donors (Lipinski definition) is 0. The number of rotatable bonds is 4. The number of carbonyl (C=O) groups excluding carboxylic acids is 1. The molecular formula is C8H15N2O. The van der Waals surface area contributed by atoms with Gasteiger partial charge in [-0.3, -0.25) is 10.5 Å². The van der Waals surface area contributed by atoms with Gasteiger partial charge in [0, 0.05) is 26.1 Å². The molecule has 0 spiro atoms. The molecule has 0 atom stereocenters. The Kier molecular flexibility index (Phi) is 3.36. The van der Waals surface area contributed by atoms with Crippen molar-refractivity contribution < 1.29 is 4.79 Å². The lowest BCUT2D eigenvalue weighted by Crippen LogP contribution is -2.25. The monoisotopic (exact) mass is 155 g/mol. The summed E-state index contributed by atoms with van der Waals surface area (Å²) in [6.45, 7) is 2.30. The van der Waals surface area contributed by atoms with Gasteiger partial charge in [-0.15, -0.1) is 0 Å². The number of nitrogens with one attached hydrogen (secondary N) is 1. The highest BCUT2D eigenvalue weighted by molar-refractivity contribution is 5.77. The Morgan fingerprint density at radius 3 is 2.82 bits per heavy atom. The summed E-state index contributed by atoms with van der Waals surface area (Å²) >= 11 is 0. The largest absolute Gasteiger partial charge is 0.343 e. The summed E-state index contributed by atoms with van der Waals surface area (Å²) in [5.74, 6) is 0.301. The fourth-order valence-electron chi connectivity index (χ4n) is 1.37. The molecule has 0 aliphatic carbocycles. The zero-order valence-corrected chi connectivity index (χ0v) is 6.81. The Hall–Kier alpha value is -0.570. The number of carbonyl (C=O) groups is 1. The van der Waals surface area contributed by atoms with Crippen molar-refractivity contribution in [3.05, 3.63) is 0 Å². The number of amides is 1. The Balaban J connectivity index is 2.10. The average Bonchev–Trinajstić information content (AvgIpc) is 2.37. The van der Waals surface area contributed by atoms with Gasteiger partial charge in [0.25, 0.3) is 0 Å². The van der Waals surface area contributed by atoms with Gasteiger partial charge in [-0.1, -0.05) is 0 Å². The fraction of sp³-hybridized carbons (Fsp3) is 0.875. The molecule has 3 heteroatoms. The Morgan fingerprint density at radius 2 is 2.27 bits per heavy atom. The lowest BCUT2D eigenvalue weighted by atomic mass is 10.3. The molecule has 0 aromatic heterocycles. The third-order valence-corrected chi connectivity index (χ3v) is 2.03. The van der Waals surface area contributed by atoms with Crippen molar-refractivity contribution in [2.24, 2.45) is 0 Å². The first kappa shape index (κ1) is 8.53. The topological polar surface area (TPSA) is 44.1 Å². The SMILES string of the molecule is [NH]CCCCN1CCCC1=O. The maximum atomic E-state index is 11.0. The van der Waals surface area contributed by atoms with Gasteiger partial charge in [0.2, 0.25) is 5.91 Å². The van der Waals surface area contributed by atoms with Gasteiger partial charge in [0.05, 0.1) is 0 Å². The molecule has 1 aliphatic heterocycles. The van der Waals surface area contributed by atoms with Crippen LogP contribution in [0, 0.1) is 0 Å². The third kappa shape index (κ3) is 2.50. The lowest BCUT2D eigenvalue weighted by molar-refractivity contribution is -0.127. The minimum Gasteiger partial charge on any atom is -0.343 e. The van der Waals surface area contributed by atoms with Crippen molar-refractivity contribution in [2.75, 3.05) is 19.6 Å². The van der Waals surface area contributed by atoms with Gasteiger partial charge in [0.1, 0.15) is 0 Å². The van der Waals surface area contributed by atoms with Crippen LogP contribution in [0.1, 0.15) is 25.7 Å². The standard InChI is InChI=1S/C8H15N2O/c9-5-1-2-6-10-7-3-4-8(10)11/h9H,1-7H2. The van der Waals surface area contributed by atoms with E-state index < -0.39 is 0 Å². The van der Waals surface area contributed by atoms with Gasteiger partial charge in [-0.2, -0.15) is 0 Å². The Labute approximate surface area is 67.5 Å². The molecule has 0 saturated carbocycles. The second kappa shape index (κ2) is 4.34. The number of hydrogen-bond acceptors (Lipinski definition) is 1. The second-order valence-electron chi connectivity index (χ2n) is 2.94. The van der Waals surface area contributed by atoms with Gasteiger partial charge < -0.3 is 4.90 Å². The minimum absolute atomic E-state index is 0.301. The quantitative estimate of drug-likeness (QED) is 0.550. The van der Waals surface area contributed by atoms with Crippen LogP contribution < -0.4 is 5.73 Å². The first-order valence-corrected chi connectivity index (χ1v) is 4.27. The van der Waals surface area contributed by atoms with Crippen molar-refractivity contribution in [3.8, 4) is 0 Å². The number of nitrogens with zero attached hydrogens (tertiary/aromatic N) is 1. The van der Waals surface area contributed by atoms with E-state index in [4.69, 9.17) is 5.73 Å². The molecule has 1 heterocycles. The molecule has 0 unspecified atom stereocenters. The van der Waals surface area contributed by atoms with E-state index in [1.54, 1.807) is 0 Å². The maximum absolute atomic E-state index is 11.0. The van der Waals surface area contributed by atoms with Crippen LogP contribution in [0.25, 0.3) is 0 Å². The predicted molar refractivity (Wildman–Crippen MR) is 43.0 cm³/mol. The summed E-state index contributed by atoms with van der Waals surface area (Å²) in [6.07, 6.45) is 3.68. The van der Waals surface area contributed by atoms with Gasteiger partial charge in [-0.05, 0) is 19.3 Å². The van der Waals surface area contributed by atoms with Gasteiger partial charge in [0.15, 0.2) is 0 Å². The normalized spacial score (nSPS) is 17.9. The lowest BCUT2D eigenvalue weighted by Gasteiger charge is -2.14. The van der Waals surface area contributed by atoms with Crippen LogP contribution >= 0.6 is 0 Å². The first-order chi connectivity index (χ1) is 5.34. The highest BCUT2D eigenvalue weighted by Crippen LogP contribution is 2.09. The highest BCUT2D eigenvalue weighted by Gasteiger charge is 2.18. The number of unbranched alkanes of at least 4 members (excludes halogenated alkanes) is 1. The molecule has 1 amide bonds. The van der Waals surface area contributed by atoms with E-state index >= 15 is 0 Å². The summed E-state index contributed by atoms with van der Waals surface area (Å²) in [5.41, 5.74) is 6.92. The van der Waals surface area contributed by atoms with E-state index in [-0.39, 0.29) is 0 Å². The molecule has 11 heavy (non-hydrogen) atoms. The molecule has 0 bridgehead atoms. The van der Waals surface area contributed by atoms with Crippen LogP contribution in [0.5, 0.6) is 0 Å². The Bertz CT molecular complexity index is 136. The molecule has 63 valence electrons. The van der Waals surface area contributed by atoms with E-state index in [0.29, 0.717) is 12.5 Å². The highest BCUT2D eigenvalue weighted by atomic mass is 16.2. The smallest absolute Gasteiger partial charge is 0.222 e. The first-order valence-electron chi connectivity index (χ1n) is 4.27. The van der Waals surface area contributed by atoms with Crippen molar-refractivity contribution in [1.82, 2.24) is 10.6 Å². The summed E-state index contributed by atoms with van der Waals surface area (Å²) in [6, 6.07) is 0. The van der Waals surface area contributed by atoms with Crippen LogP contribution in [0.4, 0.5) is 0 Å². The van der Waals surface area contributed by atoms with Crippen molar-refractivity contribution in [3.63, 3.8) is 0 Å². The second-order valence-corrected chi connectivity index (χ2v) is 2.94. The maximum Gasteiger partial charge on any atom is 0.222 e. The molecule has 1 saturated heterocycles. The molecular weight excluding hydrogens is 140 g/mol.